The minimum absolute atomic E-state index is 0.0631. The van der Waals surface area contributed by atoms with Gasteiger partial charge in [0, 0.05) is 12.1 Å². The van der Waals surface area contributed by atoms with Crippen molar-refractivity contribution >= 4 is 17.3 Å². The number of aromatic nitrogens is 2. The summed E-state index contributed by atoms with van der Waals surface area (Å²) in [6.07, 6.45) is 0. The highest BCUT2D eigenvalue weighted by Gasteiger charge is 2.15. The molecule has 0 atom stereocenters. The van der Waals surface area contributed by atoms with Crippen LogP contribution in [0.25, 0.3) is 0 Å². The summed E-state index contributed by atoms with van der Waals surface area (Å²) in [5.41, 5.74) is 0.972. The third-order valence-corrected chi connectivity index (χ3v) is 3.75. The molecule has 9 heteroatoms. The van der Waals surface area contributed by atoms with Crippen molar-refractivity contribution in [2.75, 3.05) is 5.32 Å². The molecule has 1 N–H and O–H groups in total. The Kier molecular flexibility index (Phi) is 4.93. The van der Waals surface area contributed by atoms with Gasteiger partial charge in [-0.25, -0.2) is 4.68 Å². The first-order valence-corrected chi connectivity index (χ1v) is 7.28. The number of benzene rings is 1. The average molecular weight is 341 g/mol. The third kappa shape index (κ3) is 3.69. The van der Waals surface area contributed by atoms with Crippen molar-refractivity contribution in [2.45, 2.75) is 27.3 Å². The molecule has 1 heterocycles. The number of nitro groups is 1. The Hall–Kier alpha value is -3.54. The second kappa shape index (κ2) is 6.92. The second-order valence-corrected chi connectivity index (χ2v) is 5.46. The molecule has 0 aliphatic carbocycles. The van der Waals surface area contributed by atoms with E-state index in [9.17, 15) is 19.7 Å². The molecule has 0 radical (unpaired) electrons. The van der Waals surface area contributed by atoms with Crippen LogP contribution in [-0.4, -0.2) is 20.6 Å². The highest BCUT2D eigenvalue weighted by Crippen LogP contribution is 2.21. The Morgan fingerprint density at radius 2 is 2.08 bits per heavy atom. The number of anilines is 1. The Morgan fingerprint density at radius 3 is 2.68 bits per heavy atom. The van der Waals surface area contributed by atoms with E-state index in [1.807, 2.05) is 6.07 Å². The van der Waals surface area contributed by atoms with Gasteiger partial charge in [-0.3, -0.25) is 19.7 Å². The van der Waals surface area contributed by atoms with E-state index in [1.165, 1.54) is 18.2 Å². The molecule has 128 valence electrons. The van der Waals surface area contributed by atoms with E-state index in [0.717, 1.165) is 4.68 Å². The summed E-state index contributed by atoms with van der Waals surface area (Å²) in [5, 5.41) is 26.5. The smallest absolute Gasteiger partial charge is 0.285 e. The predicted octanol–water partition coefficient (Wildman–Crippen LogP) is 1.59. The van der Waals surface area contributed by atoms with Gasteiger partial charge in [0.25, 0.3) is 11.2 Å². The van der Waals surface area contributed by atoms with Crippen molar-refractivity contribution < 1.29 is 9.72 Å². The van der Waals surface area contributed by atoms with Crippen LogP contribution in [0, 0.1) is 42.2 Å². The van der Waals surface area contributed by atoms with Crippen LogP contribution in [0.1, 0.15) is 22.4 Å². The van der Waals surface area contributed by atoms with Crippen molar-refractivity contribution in [3.8, 4) is 6.07 Å². The quantitative estimate of drug-likeness (QED) is 0.663. The fourth-order valence-corrected chi connectivity index (χ4v) is 2.19. The van der Waals surface area contributed by atoms with Gasteiger partial charge in [0.05, 0.1) is 16.3 Å². The summed E-state index contributed by atoms with van der Waals surface area (Å²) in [6.45, 7) is 4.53. The molecule has 0 aliphatic rings. The van der Waals surface area contributed by atoms with E-state index < -0.39 is 22.9 Å². The summed E-state index contributed by atoms with van der Waals surface area (Å²) in [4.78, 5) is 34.6. The highest BCUT2D eigenvalue weighted by molar-refractivity contribution is 5.91. The molecule has 0 saturated carbocycles. The molecule has 1 aromatic heterocycles. The lowest BCUT2D eigenvalue weighted by Crippen LogP contribution is -2.32. The summed E-state index contributed by atoms with van der Waals surface area (Å²) in [5.74, 6) is -0.578. The van der Waals surface area contributed by atoms with Gasteiger partial charge >= 0.3 is 0 Å². The standard InChI is InChI=1S/C16H15N5O4/c1-9-4-5-12(21(24)25)6-14(9)18-15(22)8-20-16(23)13(7-17)10(2)11(3)19-20/h4-6H,8H2,1-3H3,(H,18,22). The Balaban J connectivity index is 2.29. The number of carbonyl (C=O) groups excluding carboxylic acids is 1. The molecule has 0 bridgehead atoms. The van der Waals surface area contributed by atoms with Gasteiger partial charge in [0.1, 0.15) is 18.2 Å². The largest absolute Gasteiger partial charge is 0.324 e. The predicted molar refractivity (Wildman–Crippen MR) is 89.1 cm³/mol. The zero-order chi connectivity index (χ0) is 18.7. The van der Waals surface area contributed by atoms with Crippen LogP contribution in [0.2, 0.25) is 0 Å². The molecule has 2 aromatic rings. The minimum Gasteiger partial charge on any atom is -0.324 e. The fourth-order valence-electron chi connectivity index (χ4n) is 2.19. The minimum atomic E-state index is -0.656. The maximum absolute atomic E-state index is 12.2. The molecule has 0 fully saturated rings. The summed E-state index contributed by atoms with van der Waals surface area (Å²) in [6, 6.07) is 5.91. The molecule has 2 rings (SSSR count). The molecule has 25 heavy (non-hydrogen) atoms. The lowest BCUT2D eigenvalue weighted by Gasteiger charge is -2.11. The lowest BCUT2D eigenvalue weighted by molar-refractivity contribution is -0.384. The zero-order valence-corrected chi connectivity index (χ0v) is 13.9. The van der Waals surface area contributed by atoms with Crippen LogP contribution in [0.5, 0.6) is 0 Å². The number of non-ortho nitro benzene ring substituents is 1. The van der Waals surface area contributed by atoms with Crippen molar-refractivity contribution in [2.24, 2.45) is 0 Å². The molecular weight excluding hydrogens is 326 g/mol. The van der Waals surface area contributed by atoms with E-state index in [0.29, 0.717) is 16.8 Å². The zero-order valence-electron chi connectivity index (χ0n) is 13.9. The number of aryl methyl sites for hydroxylation is 2. The molecular formula is C16H15N5O4. The first-order chi connectivity index (χ1) is 11.7. The van der Waals surface area contributed by atoms with E-state index >= 15 is 0 Å². The number of hydrogen-bond acceptors (Lipinski definition) is 6. The van der Waals surface area contributed by atoms with Crippen LogP contribution >= 0.6 is 0 Å². The molecule has 0 spiro atoms. The SMILES string of the molecule is Cc1ccc([N+](=O)[O-])cc1NC(=O)Cn1nc(C)c(C)c(C#N)c1=O. The maximum atomic E-state index is 12.2. The van der Waals surface area contributed by atoms with Gasteiger partial charge < -0.3 is 5.32 Å². The van der Waals surface area contributed by atoms with Gasteiger partial charge in [-0.05, 0) is 31.9 Å². The Bertz CT molecular complexity index is 972. The molecule has 1 amide bonds. The van der Waals surface area contributed by atoms with Gasteiger partial charge in [0.2, 0.25) is 5.91 Å². The number of nitriles is 1. The Labute approximate surface area is 142 Å². The van der Waals surface area contributed by atoms with Gasteiger partial charge in [-0.2, -0.15) is 10.4 Å². The van der Waals surface area contributed by atoms with Crippen molar-refractivity contribution in [3.63, 3.8) is 0 Å². The molecule has 0 saturated heterocycles. The average Bonchev–Trinajstić information content (AvgIpc) is 2.55. The number of amides is 1. The normalized spacial score (nSPS) is 10.2. The topological polar surface area (TPSA) is 131 Å². The van der Waals surface area contributed by atoms with Crippen LogP contribution in [0.4, 0.5) is 11.4 Å². The summed E-state index contributed by atoms with van der Waals surface area (Å²) < 4.78 is 0.906. The fraction of sp³-hybridized carbons (Fsp3) is 0.250. The molecule has 0 aliphatic heterocycles. The van der Waals surface area contributed by atoms with Crippen molar-refractivity contribution in [1.82, 2.24) is 9.78 Å². The van der Waals surface area contributed by atoms with Gasteiger partial charge in [-0.15, -0.1) is 0 Å². The van der Waals surface area contributed by atoms with Gasteiger partial charge in [0.15, 0.2) is 0 Å². The van der Waals surface area contributed by atoms with E-state index in [-0.39, 0.29) is 16.9 Å². The third-order valence-electron chi connectivity index (χ3n) is 3.75. The Morgan fingerprint density at radius 1 is 1.40 bits per heavy atom. The first-order valence-electron chi connectivity index (χ1n) is 7.28. The van der Waals surface area contributed by atoms with Crippen molar-refractivity contribution in [1.29, 1.82) is 5.26 Å². The molecule has 1 aromatic carbocycles. The summed E-state index contributed by atoms with van der Waals surface area (Å²) >= 11 is 0. The number of hydrogen-bond donors (Lipinski definition) is 1. The number of rotatable bonds is 4. The van der Waals surface area contributed by atoms with E-state index in [4.69, 9.17) is 5.26 Å². The second-order valence-electron chi connectivity index (χ2n) is 5.46. The van der Waals surface area contributed by atoms with Crippen LogP contribution in [-0.2, 0) is 11.3 Å². The number of nitro benzene ring substituents is 1. The molecule has 9 nitrogen and oxygen atoms in total. The van der Waals surface area contributed by atoms with Crippen LogP contribution in [0.15, 0.2) is 23.0 Å². The maximum Gasteiger partial charge on any atom is 0.285 e. The van der Waals surface area contributed by atoms with Gasteiger partial charge in [-0.1, -0.05) is 6.07 Å². The van der Waals surface area contributed by atoms with Crippen molar-refractivity contribution in [3.05, 3.63) is 61.1 Å². The van der Waals surface area contributed by atoms with E-state index in [2.05, 4.69) is 10.4 Å². The lowest BCUT2D eigenvalue weighted by atomic mass is 10.1. The highest BCUT2D eigenvalue weighted by atomic mass is 16.6. The molecule has 0 unspecified atom stereocenters. The van der Waals surface area contributed by atoms with Crippen LogP contribution < -0.4 is 10.9 Å². The monoisotopic (exact) mass is 341 g/mol. The number of nitrogens with one attached hydrogen (secondary N) is 1. The summed E-state index contributed by atoms with van der Waals surface area (Å²) in [7, 11) is 0. The first kappa shape index (κ1) is 17.8. The van der Waals surface area contributed by atoms with Crippen LogP contribution in [0.3, 0.4) is 0 Å². The number of carbonyl (C=O) groups is 1. The number of nitrogens with zero attached hydrogens (tertiary/aromatic N) is 4. The van der Waals surface area contributed by atoms with E-state index in [1.54, 1.807) is 20.8 Å².